The molecule has 2 aliphatic heterocycles. The largest absolute Gasteiger partial charge is 0.444 e. The number of pyridine rings is 1. The summed E-state index contributed by atoms with van der Waals surface area (Å²) in [4.78, 5) is 33.7. The zero-order chi connectivity index (χ0) is 27.0. The number of amides is 1. The van der Waals surface area contributed by atoms with Crippen molar-refractivity contribution < 1.29 is 27.5 Å². The summed E-state index contributed by atoms with van der Waals surface area (Å²) < 4.78 is 36.0. The Morgan fingerprint density at radius 1 is 1.24 bits per heavy atom. The van der Waals surface area contributed by atoms with Gasteiger partial charge < -0.3 is 14.4 Å². The Hall–Kier alpha value is -2.30. The fourth-order valence-electron chi connectivity index (χ4n) is 4.89. The third kappa shape index (κ3) is 6.23. The Balaban J connectivity index is 1.44. The standard InChI is InChI=1S/C27H36N2O6S2/c1-6-37(32,33)21-9-7-20(28-17-21)8-10-22(30)23-16-19-15-18(2)34-27(24(19)36-23)11-13-29(14-12-27)25(31)35-26(3,4)5/h7,9,16-18H,6,8,10-15H2,1-5H3/t18-/m0/s1. The number of thiophene rings is 1. The molecule has 0 saturated carbocycles. The van der Waals surface area contributed by atoms with E-state index in [0.29, 0.717) is 49.3 Å². The van der Waals surface area contributed by atoms with Crippen molar-refractivity contribution in [3.63, 3.8) is 0 Å². The van der Waals surface area contributed by atoms with Crippen LogP contribution in [0.25, 0.3) is 0 Å². The lowest BCUT2D eigenvalue weighted by atomic mass is 9.84. The number of fused-ring (bicyclic) bond motifs is 2. The maximum Gasteiger partial charge on any atom is 0.410 e. The smallest absolute Gasteiger partial charge is 0.410 e. The molecular formula is C27H36N2O6S2. The third-order valence-corrected chi connectivity index (χ3v) is 9.92. The first-order chi connectivity index (χ1) is 17.3. The minimum atomic E-state index is -3.29. The van der Waals surface area contributed by atoms with E-state index in [4.69, 9.17) is 9.47 Å². The maximum absolute atomic E-state index is 13.1. The molecule has 1 saturated heterocycles. The van der Waals surface area contributed by atoms with Gasteiger partial charge >= 0.3 is 6.09 Å². The normalized spacial score (nSPS) is 19.5. The molecule has 0 aliphatic carbocycles. The zero-order valence-corrected chi connectivity index (χ0v) is 23.8. The molecule has 2 aromatic rings. The molecule has 0 bridgehead atoms. The van der Waals surface area contributed by atoms with Crippen LogP contribution in [-0.2, 0) is 37.8 Å². The lowest BCUT2D eigenvalue weighted by Gasteiger charge is -2.45. The summed E-state index contributed by atoms with van der Waals surface area (Å²) in [5.41, 5.74) is 0.817. The highest BCUT2D eigenvalue weighted by molar-refractivity contribution is 7.91. The quantitative estimate of drug-likeness (QED) is 0.471. The number of rotatable bonds is 6. The molecule has 0 radical (unpaired) electrons. The number of carbonyl (C=O) groups is 2. The molecule has 10 heteroatoms. The third-order valence-electron chi connectivity index (χ3n) is 6.80. The molecule has 0 N–H and O–H groups in total. The van der Waals surface area contributed by atoms with Gasteiger partial charge in [-0.1, -0.05) is 6.92 Å². The van der Waals surface area contributed by atoms with Gasteiger partial charge in [-0.15, -0.1) is 11.3 Å². The number of sulfone groups is 1. The van der Waals surface area contributed by atoms with E-state index in [0.717, 1.165) is 16.9 Å². The predicted octanol–water partition coefficient (Wildman–Crippen LogP) is 4.94. The molecule has 8 nitrogen and oxygen atoms in total. The van der Waals surface area contributed by atoms with Crippen LogP contribution < -0.4 is 0 Å². The average Bonchev–Trinajstić information content (AvgIpc) is 3.27. The van der Waals surface area contributed by atoms with Crippen molar-refractivity contribution in [3.8, 4) is 0 Å². The lowest BCUT2D eigenvalue weighted by Crippen LogP contribution is -2.50. The summed E-state index contributed by atoms with van der Waals surface area (Å²) in [7, 11) is -3.29. The molecule has 4 heterocycles. The van der Waals surface area contributed by atoms with Gasteiger partial charge in [0.2, 0.25) is 0 Å². The van der Waals surface area contributed by atoms with Gasteiger partial charge in [0.25, 0.3) is 0 Å². The molecule has 2 aromatic heterocycles. The Labute approximate surface area is 223 Å². The second kappa shape index (κ2) is 10.5. The van der Waals surface area contributed by atoms with Crippen LogP contribution >= 0.6 is 11.3 Å². The maximum atomic E-state index is 13.1. The van der Waals surface area contributed by atoms with Crippen molar-refractivity contribution in [1.82, 2.24) is 9.88 Å². The van der Waals surface area contributed by atoms with E-state index in [1.54, 1.807) is 24.0 Å². The van der Waals surface area contributed by atoms with E-state index in [-0.39, 0.29) is 28.6 Å². The minimum Gasteiger partial charge on any atom is -0.444 e. The Bertz CT molecular complexity index is 1250. The number of piperidine rings is 1. The van der Waals surface area contributed by atoms with E-state index in [1.807, 2.05) is 26.8 Å². The van der Waals surface area contributed by atoms with Gasteiger partial charge in [0.1, 0.15) is 11.2 Å². The van der Waals surface area contributed by atoms with E-state index < -0.39 is 21.0 Å². The van der Waals surface area contributed by atoms with Crippen LogP contribution in [0.3, 0.4) is 0 Å². The topological polar surface area (TPSA) is 103 Å². The predicted molar refractivity (Wildman–Crippen MR) is 142 cm³/mol. The van der Waals surface area contributed by atoms with Crippen LogP contribution in [0.2, 0.25) is 0 Å². The van der Waals surface area contributed by atoms with E-state index in [1.165, 1.54) is 17.5 Å². The summed E-state index contributed by atoms with van der Waals surface area (Å²) in [6.07, 6.45) is 3.91. The second-order valence-corrected chi connectivity index (χ2v) is 14.2. The van der Waals surface area contributed by atoms with Crippen LogP contribution in [0, 0.1) is 0 Å². The molecule has 1 atom stereocenters. The van der Waals surface area contributed by atoms with Crippen LogP contribution in [0.15, 0.2) is 29.3 Å². The fraction of sp³-hybridized carbons (Fsp3) is 0.593. The number of ether oxygens (including phenoxy) is 2. The van der Waals surface area contributed by atoms with Crippen molar-refractivity contribution in [1.29, 1.82) is 0 Å². The number of nitrogens with zero attached hydrogens (tertiary/aromatic N) is 2. The molecule has 1 amide bonds. The highest BCUT2D eigenvalue weighted by atomic mass is 32.2. The number of likely N-dealkylation sites (tertiary alicyclic amines) is 1. The van der Waals surface area contributed by atoms with Gasteiger partial charge in [0, 0.05) is 36.3 Å². The number of Topliss-reactive ketones (excluding diaryl/α,β-unsaturated/α-hetero) is 1. The van der Waals surface area contributed by atoms with Gasteiger partial charge in [-0.3, -0.25) is 9.78 Å². The first-order valence-electron chi connectivity index (χ1n) is 12.8. The van der Waals surface area contributed by atoms with Crippen LogP contribution in [0.1, 0.15) is 79.7 Å². The number of aryl methyl sites for hydroxylation is 1. The van der Waals surface area contributed by atoms with Gasteiger partial charge in [0.05, 0.1) is 21.6 Å². The molecular weight excluding hydrogens is 512 g/mol. The number of aromatic nitrogens is 1. The zero-order valence-electron chi connectivity index (χ0n) is 22.2. The molecule has 37 heavy (non-hydrogen) atoms. The fourth-order valence-corrected chi connectivity index (χ4v) is 7.06. The summed E-state index contributed by atoms with van der Waals surface area (Å²) >= 11 is 1.51. The van der Waals surface area contributed by atoms with Crippen molar-refractivity contribution in [2.24, 2.45) is 0 Å². The van der Waals surface area contributed by atoms with Crippen molar-refractivity contribution in [2.45, 2.75) is 88.9 Å². The number of ketones is 1. The molecule has 0 aromatic carbocycles. The van der Waals surface area contributed by atoms with Crippen LogP contribution in [0.5, 0.6) is 0 Å². The van der Waals surface area contributed by atoms with E-state index >= 15 is 0 Å². The summed E-state index contributed by atoms with van der Waals surface area (Å²) in [5, 5.41) is 0. The molecule has 4 rings (SSSR count). The highest BCUT2D eigenvalue weighted by Crippen LogP contribution is 2.47. The number of carbonyl (C=O) groups excluding carboxylic acids is 2. The number of hydrogen-bond acceptors (Lipinski definition) is 8. The van der Waals surface area contributed by atoms with Crippen LogP contribution in [0.4, 0.5) is 4.79 Å². The van der Waals surface area contributed by atoms with Crippen molar-refractivity contribution in [2.75, 3.05) is 18.8 Å². The van der Waals surface area contributed by atoms with Crippen molar-refractivity contribution >= 4 is 33.1 Å². The lowest BCUT2D eigenvalue weighted by molar-refractivity contribution is -0.129. The highest BCUT2D eigenvalue weighted by Gasteiger charge is 2.45. The first-order valence-corrected chi connectivity index (χ1v) is 15.3. The summed E-state index contributed by atoms with van der Waals surface area (Å²) in [6.45, 7) is 10.3. The minimum absolute atomic E-state index is 0.0262. The number of hydrogen-bond donors (Lipinski definition) is 0. The molecule has 1 fully saturated rings. The Kier molecular flexibility index (Phi) is 7.84. The second-order valence-electron chi connectivity index (χ2n) is 10.9. The van der Waals surface area contributed by atoms with Crippen molar-refractivity contribution in [3.05, 3.63) is 45.4 Å². The molecule has 202 valence electrons. The molecule has 0 unspecified atom stereocenters. The van der Waals surface area contributed by atoms with Gasteiger partial charge in [-0.05, 0) is 77.1 Å². The van der Waals surface area contributed by atoms with Gasteiger partial charge in [-0.2, -0.15) is 0 Å². The average molecular weight is 549 g/mol. The summed E-state index contributed by atoms with van der Waals surface area (Å²) in [5.74, 6) is 0.0683. The monoisotopic (exact) mass is 548 g/mol. The molecule has 2 aliphatic rings. The SMILES string of the molecule is CCS(=O)(=O)c1ccc(CCC(=O)c2cc3c(s2)C2(CCN(C(=O)OC(C)(C)C)CC2)O[C@@H](C)C3)nc1. The Morgan fingerprint density at radius 2 is 1.95 bits per heavy atom. The van der Waals surface area contributed by atoms with E-state index in [2.05, 4.69) is 11.9 Å². The van der Waals surface area contributed by atoms with Gasteiger partial charge in [-0.25, -0.2) is 13.2 Å². The van der Waals surface area contributed by atoms with E-state index in [9.17, 15) is 18.0 Å². The summed E-state index contributed by atoms with van der Waals surface area (Å²) in [6, 6.07) is 5.24. The van der Waals surface area contributed by atoms with Crippen LogP contribution in [-0.4, -0.2) is 60.7 Å². The molecule has 1 spiro atoms. The first kappa shape index (κ1) is 27.7. The van der Waals surface area contributed by atoms with Gasteiger partial charge in [0.15, 0.2) is 15.6 Å². The Morgan fingerprint density at radius 3 is 2.54 bits per heavy atom.